The molecule has 1 atom stereocenters. The Morgan fingerprint density at radius 2 is 1.97 bits per heavy atom. The number of pyridine rings is 1. The molecule has 1 fully saturated rings. The number of amides is 1. The number of nitrogens with one attached hydrogen (secondary N) is 1. The molecule has 0 spiro atoms. The lowest BCUT2D eigenvalue weighted by molar-refractivity contribution is 0.0341. The van der Waals surface area contributed by atoms with Crippen LogP contribution in [0.15, 0.2) is 61.3 Å². The first-order valence-corrected chi connectivity index (χ1v) is 13.5. The lowest BCUT2D eigenvalue weighted by Crippen LogP contribution is -2.36. The van der Waals surface area contributed by atoms with Gasteiger partial charge in [0.25, 0.3) is 5.91 Å². The van der Waals surface area contributed by atoms with Crippen LogP contribution in [0.4, 0.5) is 0 Å². The molecule has 4 heterocycles. The van der Waals surface area contributed by atoms with Gasteiger partial charge in [0.1, 0.15) is 11.9 Å². The first-order valence-electron chi connectivity index (χ1n) is 12.7. The summed E-state index contributed by atoms with van der Waals surface area (Å²) >= 11 is 11.9. The molecule has 0 aliphatic carbocycles. The number of hydrogen-bond acceptors (Lipinski definition) is 6. The molecule has 8 nitrogen and oxygen atoms in total. The van der Waals surface area contributed by atoms with Crippen molar-refractivity contribution in [3.63, 3.8) is 0 Å². The lowest BCUT2D eigenvalue weighted by Gasteiger charge is -2.31. The largest absolute Gasteiger partial charge is 0.484 e. The highest BCUT2D eigenvalue weighted by Gasteiger charge is 2.25. The van der Waals surface area contributed by atoms with Crippen LogP contribution in [-0.4, -0.2) is 57.3 Å². The van der Waals surface area contributed by atoms with E-state index >= 15 is 0 Å². The van der Waals surface area contributed by atoms with Gasteiger partial charge in [-0.15, -0.1) is 0 Å². The molecule has 0 bridgehead atoms. The van der Waals surface area contributed by atoms with Crippen LogP contribution < -0.4 is 10.1 Å². The van der Waals surface area contributed by atoms with Gasteiger partial charge in [-0.3, -0.25) is 9.69 Å². The van der Waals surface area contributed by atoms with E-state index in [0.29, 0.717) is 34.7 Å². The Balaban J connectivity index is 1.35. The fraction of sp³-hybridized carbons (Fsp3) is 0.321. The van der Waals surface area contributed by atoms with Gasteiger partial charge in [-0.05, 0) is 35.4 Å². The molecular formula is C28H28ClN5O3S. The minimum Gasteiger partial charge on any atom is -0.484 e. The van der Waals surface area contributed by atoms with Gasteiger partial charge < -0.3 is 23.9 Å². The Morgan fingerprint density at radius 1 is 1.16 bits per heavy atom. The van der Waals surface area contributed by atoms with Gasteiger partial charge in [-0.25, -0.2) is 4.98 Å². The summed E-state index contributed by atoms with van der Waals surface area (Å²) in [6.45, 7) is 5.62. The second-order valence-corrected chi connectivity index (χ2v) is 10.6. The molecule has 2 aliphatic rings. The third-order valence-electron chi connectivity index (χ3n) is 6.98. The predicted molar refractivity (Wildman–Crippen MR) is 148 cm³/mol. The number of nitrogens with zero attached hydrogens (tertiary/aromatic N) is 4. The third-order valence-corrected chi connectivity index (χ3v) is 7.68. The number of benzene rings is 2. The van der Waals surface area contributed by atoms with Crippen molar-refractivity contribution in [2.75, 3.05) is 26.3 Å². The number of halogens is 1. The zero-order valence-electron chi connectivity index (χ0n) is 20.8. The number of ether oxygens (including phenoxy) is 2. The number of rotatable bonds is 7. The maximum Gasteiger partial charge on any atom is 0.254 e. The molecule has 6 rings (SSSR count). The van der Waals surface area contributed by atoms with Crippen molar-refractivity contribution in [1.82, 2.24) is 24.3 Å². The number of carbonyl (C=O) groups excluding carboxylic acids is 1. The molecule has 1 saturated heterocycles. The first-order chi connectivity index (χ1) is 18.5. The maximum absolute atomic E-state index is 13.4. The maximum atomic E-state index is 13.4. The van der Waals surface area contributed by atoms with Crippen molar-refractivity contribution in [2.45, 2.75) is 32.3 Å². The van der Waals surface area contributed by atoms with E-state index in [4.69, 9.17) is 33.3 Å². The van der Waals surface area contributed by atoms with Crippen molar-refractivity contribution in [3.8, 4) is 5.75 Å². The topological polar surface area (TPSA) is 73.6 Å². The summed E-state index contributed by atoms with van der Waals surface area (Å²) < 4.78 is 16.7. The van der Waals surface area contributed by atoms with Gasteiger partial charge in [0.15, 0.2) is 0 Å². The summed E-state index contributed by atoms with van der Waals surface area (Å²) in [6, 6.07) is 11.7. The van der Waals surface area contributed by atoms with E-state index in [1.807, 2.05) is 41.2 Å². The Bertz CT molecular complexity index is 1510. The Kier molecular flexibility index (Phi) is 7.16. The highest BCUT2D eigenvalue weighted by molar-refractivity contribution is 7.71. The van der Waals surface area contributed by atoms with Crippen LogP contribution in [0, 0.1) is 4.51 Å². The number of aromatic nitrogens is 3. The van der Waals surface area contributed by atoms with E-state index in [9.17, 15) is 4.79 Å². The summed E-state index contributed by atoms with van der Waals surface area (Å²) in [5.41, 5.74) is 3.48. The normalized spacial score (nSPS) is 17.3. The summed E-state index contributed by atoms with van der Waals surface area (Å²) in [4.78, 5) is 19.9. The van der Waals surface area contributed by atoms with Crippen LogP contribution in [0.3, 0.4) is 0 Å². The fourth-order valence-corrected chi connectivity index (χ4v) is 5.53. The number of hydrogen-bond donors (Lipinski definition) is 1. The van der Waals surface area contributed by atoms with Crippen molar-refractivity contribution in [3.05, 3.63) is 87.5 Å². The van der Waals surface area contributed by atoms with E-state index in [1.165, 1.54) is 0 Å². The van der Waals surface area contributed by atoms with E-state index in [0.717, 1.165) is 60.6 Å². The van der Waals surface area contributed by atoms with Crippen molar-refractivity contribution in [2.24, 2.45) is 0 Å². The first kappa shape index (κ1) is 25.1. The average molecular weight is 550 g/mol. The summed E-state index contributed by atoms with van der Waals surface area (Å²) in [5.74, 6) is 0.592. The van der Waals surface area contributed by atoms with Crippen molar-refractivity contribution >= 4 is 40.6 Å². The Hall–Kier alpha value is -3.24. The molecule has 0 saturated carbocycles. The fourth-order valence-electron chi connectivity index (χ4n) is 5.10. The Morgan fingerprint density at radius 3 is 2.74 bits per heavy atom. The summed E-state index contributed by atoms with van der Waals surface area (Å²) in [6.07, 6.45) is 7.23. The average Bonchev–Trinajstić information content (AvgIpc) is 3.43. The smallest absolute Gasteiger partial charge is 0.254 e. The number of imidazole rings is 1. The van der Waals surface area contributed by atoms with E-state index in [2.05, 4.69) is 31.9 Å². The molecule has 2 aliphatic heterocycles. The molecule has 0 radical (unpaired) electrons. The van der Waals surface area contributed by atoms with E-state index in [1.54, 1.807) is 12.5 Å². The monoisotopic (exact) mass is 549 g/mol. The zero-order chi connectivity index (χ0) is 26.1. The second-order valence-electron chi connectivity index (χ2n) is 9.71. The molecule has 1 N–H and O–H groups in total. The van der Waals surface area contributed by atoms with Gasteiger partial charge in [0.2, 0.25) is 0 Å². The highest BCUT2D eigenvalue weighted by atomic mass is 35.5. The molecule has 4 aromatic rings. The molecule has 2 aromatic heterocycles. The van der Waals surface area contributed by atoms with Crippen LogP contribution >= 0.6 is 23.8 Å². The molecule has 2 aromatic carbocycles. The highest BCUT2D eigenvalue weighted by Crippen LogP contribution is 2.35. The number of morpholine rings is 1. The summed E-state index contributed by atoms with van der Waals surface area (Å²) in [7, 11) is 0. The molecule has 1 amide bonds. The van der Waals surface area contributed by atoms with Crippen LogP contribution in [0.1, 0.15) is 21.5 Å². The van der Waals surface area contributed by atoms with Crippen LogP contribution in [-0.2, 0) is 30.9 Å². The molecule has 196 valence electrons. The molecule has 10 heteroatoms. The second kappa shape index (κ2) is 10.9. The minimum absolute atomic E-state index is 0.121. The van der Waals surface area contributed by atoms with Crippen LogP contribution in [0.2, 0.25) is 5.02 Å². The molecule has 38 heavy (non-hydrogen) atoms. The number of carbonyl (C=O) groups is 1. The van der Waals surface area contributed by atoms with Crippen molar-refractivity contribution < 1.29 is 14.3 Å². The quantitative estimate of drug-likeness (QED) is 0.344. The Labute approximate surface area is 230 Å². The summed E-state index contributed by atoms with van der Waals surface area (Å²) in [5, 5.41) is 4.55. The predicted octanol–water partition coefficient (Wildman–Crippen LogP) is 4.44. The standard InChI is InChI=1S/C28H28ClN5O3S/c29-21-3-1-19(2-4-21)13-31-28(35)24-17-34-16-22(15-33-6-5-30-18-33)37-25-12-20(11-23(26(25)34)27(24)38)14-32-7-9-36-10-8-32/h1-6,11-12,17-18,22H,7-10,13-16H2,(H,31,35). The molecular weight excluding hydrogens is 522 g/mol. The van der Waals surface area contributed by atoms with E-state index < -0.39 is 0 Å². The van der Waals surface area contributed by atoms with Gasteiger partial charge in [-0.1, -0.05) is 36.0 Å². The van der Waals surface area contributed by atoms with Gasteiger partial charge >= 0.3 is 0 Å². The molecule has 1 unspecified atom stereocenters. The zero-order valence-corrected chi connectivity index (χ0v) is 22.4. The van der Waals surface area contributed by atoms with Crippen LogP contribution in [0.5, 0.6) is 5.75 Å². The van der Waals surface area contributed by atoms with E-state index in [-0.39, 0.29) is 12.0 Å². The van der Waals surface area contributed by atoms with Gasteiger partial charge in [0, 0.05) is 55.2 Å². The van der Waals surface area contributed by atoms with Crippen molar-refractivity contribution in [1.29, 1.82) is 0 Å². The third kappa shape index (κ3) is 5.33. The van der Waals surface area contributed by atoms with Gasteiger partial charge in [-0.2, -0.15) is 0 Å². The van der Waals surface area contributed by atoms with Gasteiger partial charge in [0.05, 0.1) is 48.2 Å². The minimum atomic E-state index is -0.201. The van der Waals surface area contributed by atoms with Crippen LogP contribution in [0.25, 0.3) is 10.9 Å². The SMILES string of the molecule is O=C(NCc1ccc(Cl)cc1)c1cn2c3c(cc(CN4CCOCC4)cc3c1=S)OC(Cn1ccnc1)C2. The lowest BCUT2D eigenvalue weighted by atomic mass is 10.0.